The van der Waals surface area contributed by atoms with Gasteiger partial charge in [-0.15, -0.1) is 0 Å². The molecule has 3 aromatic carbocycles. The summed E-state index contributed by atoms with van der Waals surface area (Å²) in [6.07, 6.45) is 2.16. The summed E-state index contributed by atoms with van der Waals surface area (Å²) in [5.41, 5.74) is 3.09. The van der Waals surface area contributed by atoms with E-state index in [9.17, 15) is 4.79 Å². The minimum Gasteiger partial charge on any atom is -0.494 e. The van der Waals surface area contributed by atoms with E-state index in [4.69, 9.17) is 4.74 Å². The molecule has 1 aliphatic heterocycles. The van der Waals surface area contributed by atoms with Crippen LogP contribution in [0.4, 0.5) is 5.69 Å². The number of β-lactam (4-membered cyclic amide) rings is 1. The summed E-state index contributed by atoms with van der Waals surface area (Å²) in [6.45, 7) is 2.88. The fourth-order valence-electron chi connectivity index (χ4n) is 3.80. The number of halogens is 1. The Balaban J connectivity index is 1.64. The van der Waals surface area contributed by atoms with Crippen LogP contribution in [0.15, 0.2) is 83.3 Å². The average Bonchev–Trinajstić information content (AvgIpc) is 2.75. The van der Waals surface area contributed by atoms with Crippen molar-refractivity contribution in [3.05, 3.63) is 94.5 Å². The molecule has 2 atom stereocenters. The van der Waals surface area contributed by atoms with Gasteiger partial charge < -0.3 is 9.64 Å². The van der Waals surface area contributed by atoms with E-state index in [2.05, 4.69) is 35.0 Å². The zero-order valence-electron chi connectivity index (χ0n) is 16.4. The lowest BCUT2D eigenvalue weighted by Gasteiger charge is -2.47. The molecule has 0 aromatic heterocycles. The molecule has 29 heavy (non-hydrogen) atoms. The largest absolute Gasteiger partial charge is 0.494 e. The first kappa shape index (κ1) is 19.7. The van der Waals surface area contributed by atoms with E-state index in [0.717, 1.165) is 46.5 Å². The summed E-state index contributed by atoms with van der Waals surface area (Å²) < 4.78 is 6.80. The molecule has 0 bridgehead atoms. The van der Waals surface area contributed by atoms with Gasteiger partial charge in [-0.1, -0.05) is 71.7 Å². The number of benzene rings is 3. The molecule has 4 heteroatoms. The molecule has 2 unspecified atom stereocenters. The van der Waals surface area contributed by atoms with Gasteiger partial charge in [0.15, 0.2) is 0 Å². The number of amides is 1. The molecule has 0 radical (unpaired) electrons. The predicted molar refractivity (Wildman–Crippen MR) is 120 cm³/mol. The third kappa shape index (κ3) is 4.08. The van der Waals surface area contributed by atoms with Gasteiger partial charge in [0.25, 0.3) is 0 Å². The molecule has 1 heterocycles. The molecule has 0 aliphatic carbocycles. The van der Waals surface area contributed by atoms with Crippen molar-refractivity contribution in [2.45, 2.75) is 31.7 Å². The SMILES string of the molecule is CCCCOc1ccc(C2C(c3ccccc3)C(=O)N2c2ccc(Br)cc2)cc1. The molecule has 3 nitrogen and oxygen atoms in total. The quantitative estimate of drug-likeness (QED) is 0.304. The molecule has 3 aromatic rings. The van der Waals surface area contributed by atoms with Gasteiger partial charge in [0, 0.05) is 10.2 Å². The topological polar surface area (TPSA) is 29.5 Å². The Morgan fingerprint density at radius 3 is 2.24 bits per heavy atom. The molecule has 1 aliphatic rings. The smallest absolute Gasteiger partial charge is 0.237 e. The standard InChI is InChI=1S/C25H24BrNO2/c1-2-3-17-29-22-15-9-19(10-16-22)24-23(18-7-5-4-6-8-18)25(28)27(24)21-13-11-20(26)12-14-21/h4-16,23-24H,2-3,17H2,1H3. The highest BCUT2D eigenvalue weighted by atomic mass is 79.9. The second kappa shape index (κ2) is 8.83. The monoisotopic (exact) mass is 449 g/mol. The van der Waals surface area contributed by atoms with Crippen LogP contribution >= 0.6 is 15.9 Å². The van der Waals surface area contributed by atoms with E-state index in [1.165, 1.54) is 0 Å². The lowest BCUT2D eigenvalue weighted by Crippen LogP contribution is -2.53. The Morgan fingerprint density at radius 1 is 0.897 bits per heavy atom. The average molecular weight is 450 g/mol. The first-order valence-corrected chi connectivity index (χ1v) is 10.8. The van der Waals surface area contributed by atoms with Crippen molar-refractivity contribution < 1.29 is 9.53 Å². The Hall–Kier alpha value is -2.59. The van der Waals surface area contributed by atoms with E-state index < -0.39 is 0 Å². The number of carbonyl (C=O) groups is 1. The van der Waals surface area contributed by atoms with E-state index in [1.807, 2.05) is 71.6 Å². The third-order valence-corrected chi connectivity index (χ3v) is 5.88. The summed E-state index contributed by atoms with van der Waals surface area (Å²) in [5.74, 6) is 0.831. The molecule has 0 N–H and O–H groups in total. The van der Waals surface area contributed by atoms with Crippen molar-refractivity contribution in [3.8, 4) is 5.75 Å². The van der Waals surface area contributed by atoms with Crippen LogP contribution < -0.4 is 9.64 Å². The van der Waals surface area contributed by atoms with Crippen molar-refractivity contribution in [2.24, 2.45) is 0 Å². The number of anilines is 1. The van der Waals surface area contributed by atoms with E-state index in [0.29, 0.717) is 0 Å². The molecule has 148 valence electrons. The number of hydrogen-bond donors (Lipinski definition) is 0. The molecular weight excluding hydrogens is 426 g/mol. The number of nitrogens with zero attached hydrogens (tertiary/aromatic N) is 1. The van der Waals surface area contributed by atoms with E-state index in [1.54, 1.807) is 0 Å². The van der Waals surface area contributed by atoms with Crippen LogP contribution in [0.2, 0.25) is 0 Å². The van der Waals surface area contributed by atoms with Crippen LogP contribution in [0.25, 0.3) is 0 Å². The van der Waals surface area contributed by atoms with Gasteiger partial charge in [0.1, 0.15) is 5.75 Å². The molecule has 0 spiro atoms. The summed E-state index contributed by atoms with van der Waals surface area (Å²) in [4.78, 5) is 15.1. The van der Waals surface area contributed by atoms with Gasteiger partial charge in [0.2, 0.25) is 5.91 Å². The minimum absolute atomic E-state index is 0.0317. The number of carbonyl (C=O) groups excluding carboxylic acids is 1. The Bertz CT molecular complexity index is 954. The summed E-state index contributed by atoms with van der Waals surface area (Å²) >= 11 is 3.47. The van der Waals surface area contributed by atoms with Crippen molar-refractivity contribution in [2.75, 3.05) is 11.5 Å². The highest BCUT2D eigenvalue weighted by molar-refractivity contribution is 9.10. The molecular formula is C25H24BrNO2. The molecule has 1 fully saturated rings. The van der Waals surface area contributed by atoms with Crippen LogP contribution in [-0.4, -0.2) is 12.5 Å². The highest BCUT2D eigenvalue weighted by Gasteiger charge is 2.49. The number of hydrogen-bond acceptors (Lipinski definition) is 2. The highest BCUT2D eigenvalue weighted by Crippen LogP contribution is 2.49. The van der Waals surface area contributed by atoms with Crippen molar-refractivity contribution in [3.63, 3.8) is 0 Å². The third-order valence-electron chi connectivity index (χ3n) is 5.35. The summed E-state index contributed by atoms with van der Waals surface area (Å²) in [7, 11) is 0. The van der Waals surface area contributed by atoms with Crippen LogP contribution in [0.3, 0.4) is 0 Å². The number of unbranched alkanes of at least 4 members (excludes halogenated alkanes) is 1. The first-order chi connectivity index (χ1) is 14.2. The van der Waals surface area contributed by atoms with Crippen molar-refractivity contribution in [1.29, 1.82) is 0 Å². The van der Waals surface area contributed by atoms with E-state index >= 15 is 0 Å². The Morgan fingerprint density at radius 2 is 1.59 bits per heavy atom. The van der Waals surface area contributed by atoms with Crippen LogP contribution in [0, 0.1) is 0 Å². The van der Waals surface area contributed by atoms with Crippen LogP contribution in [0.1, 0.15) is 42.9 Å². The normalized spacial score (nSPS) is 18.4. The summed E-state index contributed by atoms with van der Waals surface area (Å²) in [6, 6.07) is 26.1. The Labute approximate surface area is 180 Å². The fourth-order valence-corrected chi connectivity index (χ4v) is 4.07. The number of rotatable bonds is 7. The van der Waals surface area contributed by atoms with E-state index in [-0.39, 0.29) is 17.9 Å². The lowest BCUT2D eigenvalue weighted by molar-refractivity contribution is -0.126. The van der Waals surface area contributed by atoms with Crippen LogP contribution in [-0.2, 0) is 4.79 Å². The zero-order valence-corrected chi connectivity index (χ0v) is 18.0. The zero-order chi connectivity index (χ0) is 20.2. The second-order valence-corrected chi connectivity index (χ2v) is 8.20. The first-order valence-electron chi connectivity index (χ1n) is 10.1. The van der Waals surface area contributed by atoms with Crippen LogP contribution in [0.5, 0.6) is 5.75 Å². The molecule has 1 amide bonds. The van der Waals surface area contributed by atoms with Crippen molar-refractivity contribution >= 4 is 27.5 Å². The fraction of sp³-hybridized carbons (Fsp3) is 0.240. The maximum Gasteiger partial charge on any atom is 0.237 e. The predicted octanol–water partition coefficient (Wildman–Crippen LogP) is 6.50. The second-order valence-electron chi connectivity index (χ2n) is 7.29. The van der Waals surface area contributed by atoms with Gasteiger partial charge in [-0.3, -0.25) is 4.79 Å². The van der Waals surface area contributed by atoms with Gasteiger partial charge in [-0.05, 0) is 53.9 Å². The summed E-state index contributed by atoms with van der Waals surface area (Å²) in [5, 5.41) is 0. The van der Waals surface area contributed by atoms with Crippen molar-refractivity contribution in [1.82, 2.24) is 0 Å². The molecule has 0 saturated carbocycles. The number of ether oxygens (including phenoxy) is 1. The maximum absolute atomic E-state index is 13.2. The maximum atomic E-state index is 13.2. The van der Waals surface area contributed by atoms with Gasteiger partial charge >= 0.3 is 0 Å². The van der Waals surface area contributed by atoms with Gasteiger partial charge in [-0.2, -0.15) is 0 Å². The Kier molecular flexibility index (Phi) is 6.00. The lowest BCUT2D eigenvalue weighted by atomic mass is 9.77. The minimum atomic E-state index is -0.174. The molecule has 1 saturated heterocycles. The van der Waals surface area contributed by atoms with Gasteiger partial charge in [-0.25, -0.2) is 0 Å². The molecule has 4 rings (SSSR count). The van der Waals surface area contributed by atoms with Gasteiger partial charge in [0.05, 0.1) is 18.6 Å².